The van der Waals surface area contributed by atoms with Crippen molar-refractivity contribution in [1.29, 1.82) is 0 Å². The van der Waals surface area contributed by atoms with Crippen LogP contribution in [0.5, 0.6) is 11.5 Å². The van der Waals surface area contributed by atoms with Gasteiger partial charge >= 0.3 is 0 Å². The number of aliphatic hydroxyl groups excluding tert-OH is 1. The Balaban J connectivity index is 1.95. The molecule has 1 N–H and O–H groups in total. The summed E-state index contributed by atoms with van der Waals surface area (Å²) in [6.45, 7) is 2.26. The zero-order valence-electron chi connectivity index (χ0n) is 10.1. The van der Waals surface area contributed by atoms with Crippen LogP contribution in [-0.4, -0.2) is 11.9 Å². The molecule has 3 heteroatoms. The van der Waals surface area contributed by atoms with Gasteiger partial charge in [0.25, 0.3) is 0 Å². The van der Waals surface area contributed by atoms with Gasteiger partial charge in [0.05, 0.1) is 0 Å². The van der Waals surface area contributed by atoms with Crippen molar-refractivity contribution in [3.8, 4) is 11.5 Å². The molecule has 3 nitrogen and oxygen atoms in total. The van der Waals surface area contributed by atoms with E-state index in [1.165, 1.54) is 0 Å². The number of aliphatic hydroxyl groups is 1. The van der Waals surface area contributed by atoms with E-state index in [1.54, 1.807) is 0 Å². The molecule has 1 aliphatic heterocycles. The zero-order chi connectivity index (χ0) is 12.5. The minimum absolute atomic E-state index is 0.249. The molecule has 1 unspecified atom stereocenters. The third-order valence-electron chi connectivity index (χ3n) is 3.07. The van der Waals surface area contributed by atoms with E-state index in [0.29, 0.717) is 5.75 Å². The Morgan fingerprint density at radius 2 is 1.78 bits per heavy atom. The van der Waals surface area contributed by atoms with Crippen molar-refractivity contribution in [3.05, 3.63) is 59.2 Å². The molecule has 0 aromatic heterocycles. The van der Waals surface area contributed by atoms with Crippen LogP contribution in [-0.2, 0) is 0 Å². The highest BCUT2D eigenvalue weighted by Crippen LogP contribution is 2.35. The summed E-state index contributed by atoms with van der Waals surface area (Å²) in [4.78, 5) is 0. The Morgan fingerprint density at radius 3 is 2.61 bits per heavy atom. The van der Waals surface area contributed by atoms with Crippen molar-refractivity contribution in [2.45, 2.75) is 13.0 Å². The van der Waals surface area contributed by atoms with Gasteiger partial charge in [0, 0.05) is 0 Å². The first kappa shape index (κ1) is 11.1. The van der Waals surface area contributed by atoms with Crippen molar-refractivity contribution in [2.75, 3.05) is 6.79 Å². The number of rotatable bonds is 2. The summed E-state index contributed by atoms with van der Waals surface area (Å²) in [5, 5.41) is 10.4. The summed E-state index contributed by atoms with van der Waals surface area (Å²) < 4.78 is 10.6. The van der Waals surface area contributed by atoms with Crippen molar-refractivity contribution < 1.29 is 14.6 Å². The minimum atomic E-state index is -0.639. The molecule has 3 rings (SSSR count). The fraction of sp³-hybridized carbons (Fsp3) is 0.200. The largest absolute Gasteiger partial charge is 0.454 e. The Hall–Kier alpha value is -2.00. The molecule has 0 radical (unpaired) electrons. The minimum Gasteiger partial charge on any atom is -0.454 e. The Labute approximate surface area is 106 Å². The smallest absolute Gasteiger partial charge is 0.231 e. The third-order valence-corrected chi connectivity index (χ3v) is 3.07. The lowest BCUT2D eigenvalue weighted by molar-refractivity contribution is 0.173. The van der Waals surface area contributed by atoms with Gasteiger partial charge in [0.1, 0.15) is 6.10 Å². The molecule has 18 heavy (non-hydrogen) atoms. The van der Waals surface area contributed by atoms with E-state index in [1.807, 2.05) is 49.4 Å². The molecular formula is C15H14O3. The molecule has 2 aromatic rings. The van der Waals surface area contributed by atoms with Crippen LogP contribution in [0.15, 0.2) is 42.5 Å². The monoisotopic (exact) mass is 242 g/mol. The fourth-order valence-corrected chi connectivity index (χ4v) is 2.12. The maximum absolute atomic E-state index is 10.4. The average molecular weight is 242 g/mol. The lowest BCUT2D eigenvalue weighted by atomic mass is 10.00. The molecule has 0 saturated heterocycles. The summed E-state index contributed by atoms with van der Waals surface area (Å²) in [5.74, 6) is 1.43. The molecule has 1 aliphatic rings. The number of hydrogen-bond donors (Lipinski definition) is 1. The van der Waals surface area contributed by atoms with Crippen LogP contribution in [0.4, 0.5) is 0 Å². The van der Waals surface area contributed by atoms with E-state index >= 15 is 0 Å². The third kappa shape index (κ3) is 1.93. The predicted molar refractivity (Wildman–Crippen MR) is 67.8 cm³/mol. The van der Waals surface area contributed by atoms with E-state index in [4.69, 9.17) is 9.47 Å². The van der Waals surface area contributed by atoms with Crippen molar-refractivity contribution in [2.24, 2.45) is 0 Å². The SMILES string of the molecule is Cc1cccc(C(O)c2ccc3c(c2)OCO3)c1. The highest BCUT2D eigenvalue weighted by atomic mass is 16.7. The van der Waals surface area contributed by atoms with E-state index in [2.05, 4.69) is 0 Å². The highest BCUT2D eigenvalue weighted by Gasteiger charge is 2.17. The van der Waals surface area contributed by atoms with Gasteiger partial charge in [-0.1, -0.05) is 35.9 Å². The summed E-state index contributed by atoms with van der Waals surface area (Å²) in [5.41, 5.74) is 2.83. The van der Waals surface area contributed by atoms with Crippen molar-refractivity contribution in [1.82, 2.24) is 0 Å². The zero-order valence-corrected chi connectivity index (χ0v) is 10.1. The molecule has 0 bridgehead atoms. The van der Waals surface area contributed by atoms with E-state index < -0.39 is 6.10 Å². The van der Waals surface area contributed by atoms with Gasteiger partial charge in [-0.3, -0.25) is 0 Å². The topological polar surface area (TPSA) is 38.7 Å². The highest BCUT2D eigenvalue weighted by molar-refractivity contribution is 5.46. The number of fused-ring (bicyclic) bond motifs is 1. The first-order chi connectivity index (χ1) is 8.74. The average Bonchev–Trinajstić information content (AvgIpc) is 2.85. The molecular weight excluding hydrogens is 228 g/mol. The molecule has 92 valence electrons. The molecule has 2 aromatic carbocycles. The van der Waals surface area contributed by atoms with Crippen LogP contribution in [0, 0.1) is 6.92 Å². The quantitative estimate of drug-likeness (QED) is 0.880. The van der Waals surface area contributed by atoms with Gasteiger partial charge in [0.15, 0.2) is 11.5 Å². The number of benzene rings is 2. The molecule has 0 aliphatic carbocycles. The first-order valence-electron chi connectivity index (χ1n) is 5.88. The van der Waals surface area contributed by atoms with Crippen LogP contribution in [0.3, 0.4) is 0 Å². The van der Waals surface area contributed by atoms with Gasteiger partial charge in [0.2, 0.25) is 6.79 Å². The van der Waals surface area contributed by atoms with Gasteiger partial charge in [-0.05, 0) is 30.2 Å². The maximum Gasteiger partial charge on any atom is 0.231 e. The summed E-state index contributed by atoms with van der Waals surface area (Å²) in [6, 6.07) is 13.4. The summed E-state index contributed by atoms with van der Waals surface area (Å²) in [6.07, 6.45) is -0.639. The summed E-state index contributed by atoms with van der Waals surface area (Å²) in [7, 11) is 0. The Bertz CT molecular complexity index is 578. The molecule has 1 atom stereocenters. The molecule has 0 saturated carbocycles. The van der Waals surface area contributed by atoms with Crippen LogP contribution in [0.1, 0.15) is 22.8 Å². The van der Waals surface area contributed by atoms with Crippen LogP contribution in [0.2, 0.25) is 0 Å². The lowest BCUT2D eigenvalue weighted by Gasteiger charge is -2.12. The van der Waals surface area contributed by atoms with Gasteiger partial charge in [-0.15, -0.1) is 0 Å². The number of hydrogen-bond acceptors (Lipinski definition) is 3. The first-order valence-corrected chi connectivity index (χ1v) is 5.88. The molecule has 0 amide bonds. The Morgan fingerprint density at radius 1 is 1.00 bits per heavy atom. The standard InChI is InChI=1S/C15H14O3/c1-10-3-2-4-11(7-10)15(16)12-5-6-13-14(8-12)18-9-17-13/h2-8,15-16H,9H2,1H3. The van der Waals surface area contributed by atoms with Crippen LogP contribution < -0.4 is 9.47 Å². The van der Waals surface area contributed by atoms with Crippen LogP contribution in [0.25, 0.3) is 0 Å². The van der Waals surface area contributed by atoms with Crippen molar-refractivity contribution >= 4 is 0 Å². The lowest BCUT2D eigenvalue weighted by Crippen LogP contribution is -1.99. The number of aryl methyl sites for hydroxylation is 1. The van der Waals surface area contributed by atoms with E-state index in [9.17, 15) is 5.11 Å². The van der Waals surface area contributed by atoms with Crippen molar-refractivity contribution in [3.63, 3.8) is 0 Å². The molecule has 0 fully saturated rings. The van der Waals surface area contributed by atoms with Gasteiger partial charge in [-0.25, -0.2) is 0 Å². The number of ether oxygens (including phenoxy) is 2. The normalized spacial score (nSPS) is 14.6. The summed E-state index contributed by atoms with van der Waals surface area (Å²) >= 11 is 0. The van der Waals surface area contributed by atoms with E-state index in [-0.39, 0.29) is 6.79 Å². The Kier molecular flexibility index (Phi) is 2.68. The van der Waals surface area contributed by atoms with E-state index in [0.717, 1.165) is 22.4 Å². The van der Waals surface area contributed by atoms with Gasteiger partial charge in [-0.2, -0.15) is 0 Å². The molecule has 1 heterocycles. The molecule has 0 spiro atoms. The fourth-order valence-electron chi connectivity index (χ4n) is 2.12. The maximum atomic E-state index is 10.4. The second-order valence-corrected chi connectivity index (χ2v) is 4.43. The second-order valence-electron chi connectivity index (χ2n) is 4.43. The second kappa shape index (κ2) is 4.35. The predicted octanol–water partition coefficient (Wildman–Crippen LogP) is 2.81. The van der Waals surface area contributed by atoms with Gasteiger partial charge < -0.3 is 14.6 Å². The van der Waals surface area contributed by atoms with Crippen LogP contribution >= 0.6 is 0 Å².